The smallest absolute Gasteiger partial charge is 0.248 e. The van der Waals surface area contributed by atoms with Gasteiger partial charge in [-0.25, -0.2) is 0 Å². The second-order valence-electron chi connectivity index (χ2n) is 3.25. The van der Waals surface area contributed by atoms with Crippen LogP contribution in [0.25, 0.3) is 6.08 Å². The number of methoxy groups -OCH3 is 2. The molecule has 1 rings (SSSR count). The summed E-state index contributed by atoms with van der Waals surface area (Å²) in [5.41, 5.74) is 1.28. The molecule has 4 heteroatoms. The van der Waals surface area contributed by atoms with Crippen LogP contribution >= 0.6 is 11.6 Å². The number of ether oxygens (including phenoxy) is 2. The highest BCUT2D eigenvalue weighted by atomic mass is 35.5. The van der Waals surface area contributed by atoms with Gasteiger partial charge in [-0.15, -0.1) is 0 Å². The first-order chi connectivity index (χ1) is 7.56. The van der Waals surface area contributed by atoms with E-state index in [0.717, 1.165) is 5.56 Å². The summed E-state index contributed by atoms with van der Waals surface area (Å²) in [5, 5.41) is -0.471. The standard InChI is InChI=1S/C12H13ClO3/c1-8(12(13)14)4-9-5-10(15-2)7-11(6-9)16-3/h4-7H,1-3H3/b8-4+. The molecule has 0 N–H and O–H groups in total. The van der Waals surface area contributed by atoms with Gasteiger partial charge in [-0.05, 0) is 42.3 Å². The van der Waals surface area contributed by atoms with Crippen molar-refractivity contribution in [2.45, 2.75) is 6.92 Å². The summed E-state index contributed by atoms with van der Waals surface area (Å²) in [6.45, 7) is 1.65. The lowest BCUT2D eigenvalue weighted by Crippen LogP contribution is -1.90. The predicted molar refractivity (Wildman–Crippen MR) is 64.1 cm³/mol. The van der Waals surface area contributed by atoms with E-state index in [2.05, 4.69) is 0 Å². The minimum absolute atomic E-state index is 0.469. The average Bonchev–Trinajstić information content (AvgIpc) is 2.28. The van der Waals surface area contributed by atoms with Gasteiger partial charge in [0.2, 0.25) is 5.24 Å². The number of allylic oxidation sites excluding steroid dienone is 1. The normalized spacial score (nSPS) is 11.1. The fraction of sp³-hybridized carbons (Fsp3) is 0.250. The highest BCUT2D eigenvalue weighted by Gasteiger charge is 2.03. The Kier molecular flexibility index (Phi) is 4.38. The Morgan fingerprint density at radius 3 is 2.06 bits per heavy atom. The van der Waals surface area contributed by atoms with Crippen LogP contribution in [0.5, 0.6) is 11.5 Å². The molecule has 0 heterocycles. The zero-order valence-electron chi connectivity index (χ0n) is 9.41. The Labute approximate surface area is 99.6 Å². The van der Waals surface area contributed by atoms with Gasteiger partial charge in [-0.1, -0.05) is 0 Å². The van der Waals surface area contributed by atoms with Crippen molar-refractivity contribution in [2.24, 2.45) is 0 Å². The van der Waals surface area contributed by atoms with E-state index in [-0.39, 0.29) is 0 Å². The zero-order valence-corrected chi connectivity index (χ0v) is 10.2. The van der Waals surface area contributed by atoms with E-state index in [0.29, 0.717) is 17.1 Å². The van der Waals surface area contributed by atoms with E-state index < -0.39 is 5.24 Å². The number of hydrogen-bond donors (Lipinski definition) is 0. The van der Waals surface area contributed by atoms with Crippen molar-refractivity contribution in [3.05, 3.63) is 29.3 Å². The van der Waals surface area contributed by atoms with Gasteiger partial charge in [0.25, 0.3) is 0 Å². The summed E-state index contributed by atoms with van der Waals surface area (Å²) in [7, 11) is 3.14. The fourth-order valence-corrected chi connectivity index (χ4v) is 1.27. The number of carbonyl (C=O) groups excluding carboxylic acids is 1. The van der Waals surface area contributed by atoms with Crippen LogP contribution in [0.3, 0.4) is 0 Å². The first-order valence-electron chi connectivity index (χ1n) is 4.68. The molecule has 0 saturated heterocycles. The first kappa shape index (κ1) is 12.6. The van der Waals surface area contributed by atoms with Crippen LogP contribution < -0.4 is 9.47 Å². The highest BCUT2D eigenvalue weighted by Crippen LogP contribution is 2.24. The van der Waals surface area contributed by atoms with Crippen molar-refractivity contribution >= 4 is 22.9 Å². The van der Waals surface area contributed by atoms with Crippen LogP contribution in [0.2, 0.25) is 0 Å². The quantitative estimate of drug-likeness (QED) is 0.600. The minimum atomic E-state index is -0.471. The molecule has 1 aromatic rings. The van der Waals surface area contributed by atoms with E-state index in [9.17, 15) is 4.79 Å². The first-order valence-corrected chi connectivity index (χ1v) is 5.06. The van der Waals surface area contributed by atoms with Crippen molar-refractivity contribution in [3.63, 3.8) is 0 Å². The summed E-state index contributed by atoms with van der Waals surface area (Å²) >= 11 is 5.36. The molecule has 0 aliphatic carbocycles. The van der Waals surface area contributed by atoms with Gasteiger partial charge >= 0.3 is 0 Å². The molecule has 0 amide bonds. The number of carbonyl (C=O) groups is 1. The van der Waals surface area contributed by atoms with Gasteiger partial charge in [0.1, 0.15) is 11.5 Å². The van der Waals surface area contributed by atoms with E-state index in [1.807, 2.05) is 0 Å². The van der Waals surface area contributed by atoms with Crippen molar-refractivity contribution in [1.29, 1.82) is 0 Å². The molecule has 0 aliphatic heterocycles. The lowest BCUT2D eigenvalue weighted by Gasteiger charge is -2.06. The van der Waals surface area contributed by atoms with Crippen molar-refractivity contribution in [1.82, 2.24) is 0 Å². The molecule has 0 unspecified atom stereocenters. The maximum absolute atomic E-state index is 10.9. The number of hydrogen-bond acceptors (Lipinski definition) is 3. The molecule has 0 saturated carbocycles. The molecule has 1 aromatic carbocycles. The Morgan fingerprint density at radius 1 is 1.19 bits per heavy atom. The van der Waals surface area contributed by atoms with Gasteiger partial charge in [0, 0.05) is 11.6 Å². The average molecular weight is 241 g/mol. The third-order valence-electron chi connectivity index (χ3n) is 2.07. The van der Waals surface area contributed by atoms with Gasteiger partial charge < -0.3 is 9.47 Å². The second-order valence-corrected chi connectivity index (χ2v) is 3.59. The Hall–Kier alpha value is -1.48. The molecule has 0 aliphatic rings. The molecular weight excluding hydrogens is 228 g/mol. The molecule has 0 fully saturated rings. The van der Waals surface area contributed by atoms with Crippen molar-refractivity contribution in [3.8, 4) is 11.5 Å². The third-order valence-corrected chi connectivity index (χ3v) is 2.37. The molecular formula is C12H13ClO3. The second kappa shape index (κ2) is 5.56. The SMILES string of the molecule is COc1cc(/C=C(\C)C(=O)Cl)cc(OC)c1. The summed E-state index contributed by atoms with van der Waals surface area (Å²) < 4.78 is 10.2. The van der Waals surface area contributed by atoms with E-state index >= 15 is 0 Å². The van der Waals surface area contributed by atoms with Crippen LogP contribution in [0.15, 0.2) is 23.8 Å². The van der Waals surface area contributed by atoms with E-state index in [1.165, 1.54) is 0 Å². The van der Waals surface area contributed by atoms with Crippen LogP contribution in [-0.2, 0) is 4.79 Å². The molecule has 0 spiro atoms. The van der Waals surface area contributed by atoms with Gasteiger partial charge in [0.05, 0.1) is 14.2 Å². The lowest BCUT2D eigenvalue weighted by molar-refractivity contribution is -0.108. The van der Waals surface area contributed by atoms with Crippen LogP contribution in [0, 0.1) is 0 Å². The molecule has 0 bridgehead atoms. The van der Waals surface area contributed by atoms with Gasteiger partial charge in [0.15, 0.2) is 0 Å². The van der Waals surface area contributed by atoms with Crippen molar-refractivity contribution in [2.75, 3.05) is 14.2 Å². The Bertz CT molecular complexity index is 402. The number of benzene rings is 1. The molecule has 0 radical (unpaired) electrons. The largest absolute Gasteiger partial charge is 0.497 e. The molecule has 16 heavy (non-hydrogen) atoms. The molecule has 86 valence electrons. The number of rotatable bonds is 4. The summed E-state index contributed by atoms with van der Waals surface area (Å²) in [6, 6.07) is 5.35. The summed E-state index contributed by atoms with van der Waals surface area (Å²) in [4.78, 5) is 10.9. The predicted octanol–water partition coefficient (Wildman–Crippen LogP) is 2.87. The van der Waals surface area contributed by atoms with E-state index in [1.54, 1.807) is 45.4 Å². The fourth-order valence-electron chi connectivity index (χ4n) is 1.22. The third kappa shape index (κ3) is 3.28. The monoisotopic (exact) mass is 240 g/mol. The molecule has 0 aromatic heterocycles. The minimum Gasteiger partial charge on any atom is -0.497 e. The zero-order chi connectivity index (χ0) is 12.1. The van der Waals surface area contributed by atoms with Crippen molar-refractivity contribution < 1.29 is 14.3 Å². The Morgan fingerprint density at radius 2 is 1.69 bits per heavy atom. The lowest BCUT2D eigenvalue weighted by atomic mass is 10.1. The molecule has 3 nitrogen and oxygen atoms in total. The van der Waals surface area contributed by atoms with E-state index in [4.69, 9.17) is 21.1 Å². The maximum atomic E-state index is 10.9. The number of halogens is 1. The highest BCUT2D eigenvalue weighted by molar-refractivity contribution is 6.68. The van der Waals surface area contributed by atoms with Gasteiger partial charge in [-0.2, -0.15) is 0 Å². The Balaban J connectivity index is 3.13. The van der Waals surface area contributed by atoms with Gasteiger partial charge in [-0.3, -0.25) is 4.79 Å². The van der Waals surface area contributed by atoms with Crippen LogP contribution in [0.1, 0.15) is 12.5 Å². The maximum Gasteiger partial charge on any atom is 0.248 e. The molecule has 0 atom stereocenters. The topological polar surface area (TPSA) is 35.5 Å². The van der Waals surface area contributed by atoms with Crippen LogP contribution in [0.4, 0.5) is 0 Å². The van der Waals surface area contributed by atoms with Crippen LogP contribution in [-0.4, -0.2) is 19.5 Å². The summed E-state index contributed by atoms with van der Waals surface area (Å²) in [6.07, 6.45) is 1.68. The summed E-state index contributed by atoms with van der Waals surface area (Å²) in [5.74, 6) is 1.33.